The Kier molecular flexibility index (Phi) is 5.65. The molecule has 0 saturated heterocycles. The number of amides is 1. The molecule has 0 fully saturated rings. The standard InChI is InChI=1S/C18H24F3N3O2/c1-12(2)5-8-14-11-17(26,18(19,20)21)24(22-14)16(25)13-6-9-15(10-7-13)23(3)4/h6-7,9-10,12,26H,5,8,11H2,1-4H3/t17-/m1/s1. The highest BCUT2D eigenvalue weighted by atomic mass is 19.4. The van der Waals surface area contributed by atoms with Crippen LogP contribution in [0.3, 0.4) is 0 Å². The van der Waals surface area contributed by atoms with E-state index in [1.807, 2.05) is 27.9 Å². The van der Waals surface area contributed by atoms with E-state index >= 15 is 0 Å². The number of halogens is 3. The Balaban J connectivity index is 2.32. The zero-order chi connectivity index (χ0) is 19.7. The number of benzene rings is 1. The number of anilines is 1. The van der Waals surface area contributed by atoms with Crippen LogP contribution < -0.4 is 4.90 Å². The average Bonchev–Trinajstić information content (AvgIpc) is 2.90. The first kappa shape index (κ1) is 20.2. The first-order valence-corrected chi connectivity index (χ1v) is 8.43. The van der Waals surface area contributed by atoms with Gasteiger partial charge in [-0.25, -0.2) is 0 Å². The van der Waals surface area contributed by atoms with Gasteiger partial charge < -0.3 is 10.0 Å². The number of nitrogens with zero attached hydrogens (tertiary/aromatic N) is 3. The molecule has 144 valence electrons. The lowest BCUT2D eigenvalue weighted by molar-refractivity contribution is -0.297. The van der Waals surface area contributed by atoms with Crippen LogP contribution in [0.5, 0.6) is 0 Å². The lowest BCUT2D eigenvalue weighted by Gasteiger charge is -2.32. The van der Waals surface area contributed by atoms with Gasteiger partial charge in [-0.2, -0.15) is 23.3 Å². The maximum absolute atomic E-state index is 13.5. The van der Waals surface area contributed by atoms with Crippen LogP contribution in [0.15, 0.2) is 29.4 Å². The number of hydrogen-bond donors (Lipinski definition) is 1. The van der Waals surface area contributed by atoms with Gasteiger partial charge in [-0.15, -0.1) is 0 Å². The summed E-state index contributed by atoms with van der Waals surface area (Å²) in [5.74, 6) is -0.699. The smallest absolute Gasteiger partial charge is 0.378 e. The molecule has 0 bridgehead atoms. The van der Waals surface area contributed by atoms with Crippen LogP contribution in [0.4, 0.5) is 18.9 Å². The van der Waals surface area contributed by atoms with Gasteiger partial charge >= 0.3 is 6.18 Å². The lowest BCUT2D eigenvalue weighted by atomic mass is 9.99. The van der Waals surface area contributed by atoms with E-state index < -0.39 is 24.2 Å². The Labute approximate surface area is 151 Å². The fourth-order valence-corrected chi connectivity index (χ4v) is 2.67. The monoisotopic (exact) mass is 371 g/mol. The molecule has 26 heavy (non-hydrogen) atoms. The van der Waals surface area contributed by atoms with Crippen LogP contribution in [0.2, 0.25) is 0 Å². The molecule has 0 aromatic heterocycles. The third kappa shape index (κ3) is 4.00. The van der Waals surface area contributed by atoms with E-state index in [9.17, 15) is 23.1 Å². The third-order valence-corrected chi connectivity index (χ3v) is 4.33. The maximum Gasteiger partial charge on any atom is 0.438 e. The van der Waals surface area contributed by atoms with Gasteiger partial charge in [-0.3, -0.25) is 4.79 Å². The van der Waals surface area contributed by atoms with Crippen molar-refractivity contribution >= 4 is 17.3 Å². The van der Waals surface area contributed by atoms with Crippen molar-refractivity contribution in [2.24, 2.45) is 11.0 Å². The number of aliphatic hydroxyl groups is 1. The summed E-state index contributed by atoms with van der Waals surface area (Å²) in [6.45, 7) is 3.89. The number of carbonyl (C=O) groups is 1. The predicted octanol–water partition coefficient (Wildman–Crippen LogP) is 3.64. The van der Waals surface area contributed by atoms with Gasteiger partial charge in [-0.1, -0.05) is 13.8 Å². The Morgan fingerprint density at radius 2 is 1.88 bits per heavy atom. The van der Waals surface area contributed by atoms with Crippen molar-refractivity contribution in [3.05, 3.63) is 29.8 Å². The molecule has 1 aliphatic rings. The van der Waals surface area contributed by atoms with E-state index in [4.69, 9.17) is 0 Å². The van der Waals surface area contributed by atoms with Crippen molar-refractivity contribution in [1.82, 2.24) is 5.01 Å². The topological polar surface area (TPSA) is 56.1 Å². The Bertz CT molecular complexity index is 684. The zero-order valence-corrected chi connectivity index (χ0v) is 15.3. The second kappa shape index (κ2) is 7.26. The second-order valence-corrected chi connectivity index (χ2v) is 7.15. The van der Waals surface area contributed by atoms with E-state index in [0.29, 0.717) is 12.8 Å². The van der Waals surface area contributed by atoms with Crippen LogP contribution >= 0.6 is 0 Å². The predicted molar refractivity (Wildman–Crippen MR) is 94.1 cm³/mol. The van der Waals surface area contributed by atoms with Gasteiger partial charge in [0.05, 0.1) is 0 Å². The van der Waals surface area contributed by atoms with Gasteiger partial charge in [0.25, 0.3) is 11.6 Å². The summed E-state index contributed by atoms with van der Waals surface area (Å²) >= 11 is 0. The van der Waals surface area contributed by atoms with Gasteiger partial charge in [0, 0.05) is 37.5 Å². The summed E-state index contributed by atoms with van der Waals surface area (Å²) in [5.41, 5.74) is -2.30. The molecule has 0 aliphatic carbocycles. The van der Waals surface area contributed by atoms with Crippen LogP contribution in [-0.2, 0) is 0 Å². The van der Waals surface area contributed by atoms with Crippen LogP contribution in [0, 0.1) is 5.92 Å². The first-order valence-electron chi connectivity index (χ1n) is 8.43. The molecule has 1 aliphatic heterocycles. The molecule has 1 amide bonds. The molecule has 0 spiro atoms. The summed E-state index contributed by atoms with van der Waals surface area (Å²) in [5, 5.41) is 14.3. The number of hydrazone groups is 1. The lowest BCUT2D eigenvalue weighted by Crippen LogP contribution is -2.56. The van der Waals surface area contributed by atoms with E-state index in [-0.39, 0.29) is 22.2 Å². The normalized spacial score (nSPS) is 20.5. The summed E-state index contributed by atoms with van der Waals surface area (Å²) in [6, 6.07) is 6.10. The molecular formula is C18H24F3N3O2. The fraction of sp³-hybridized carbons (Fsp3) is 0.556. The zero-order valence-electron chi connectivity index (χ0n) is 15.3. The van der Waals surface area contributed by atoms with Crippen molar-refractivity contribution in [3.63, 3.8) is 0 Å². The van der Waals surface area contributed by atoms with Gasteiger partial charge in [0.15, 0.2) is 0 Å². The quantitative estimate of drug-likeness (QED) is 0.860. The van der Waals surface area contributed by atoms with Crippen LogP contribution in [0.25, 0.3) is 0 Å². The van der Waals surface area contributed by atoms with Gasteiger partial charge in [0.2, 0.25) is 0 Å². The fourth-order valence-electron chi connectivity index (χ4n) is 2.67. The van der Waals surface area contributed by atoms with E-state index in [1.165, 1.54) is 12.1 Å². The van der Waals surface area contributed by atoms with Crippen molar-refractivity contribution in [3.8, 4) is 0 Å². The molecule has 8 heteroatoms. The van der Waals surface area contributed by atoms with Crippen molar-refractivity contribution < 1.29 is 23.1 Å². The molecule has 0 saturated carbocycles. The third-order valence-electron chi connectivity index (χ3n) is 4.33. The van der Waals surface area contributed by atoms with E-state index in [1.54, 1.807) is 17.0 Å². The molecule has 1 aromatic rings. The molecule has 1 heterocycles. The first-order chi connectivity index (χ1) is 12.0. The van der Waals surface area contributed by atoms with Gasteiger partial charge in [0.1, 0.15) is 0 Å². The average molecular weight is 371 g/mol. The molecule has 0 radical (unpaired) electrons. The van der Waals surface area contributed by atoms with Crippen molar-refractivity contribution in [2.45, 2.75) is 45.0 Å². The summed E-state index contributed by atoms with van der Waals surface area (Å²) < 4.78 is 40.5. The molecule has 5 nitrogen and oxygen atoms in total. The van der Waals surface area contributed by atoms with Crippen LogP contribution in [-0.4, -0.2) is 47.7 Å². The highest BCUT2D eigenvalue weighted by molar-refractivity contribution is 5.98. The van der Waals surface area contributed by atoms with E-state index in [2.05, 4.69) is 5.10 Å². The Morgan fingerprint density at radius 3 is 2.35 bits per heavy atom. The summed E-state index contributed by atoms with van der Waals surface area (Å²) in [6.07, 6.45) is -4.79. The number of hydrogen-bond acceptors (Lipinski definition) is 4. The molecule has 1 atom stereocenters. The van der Waals surface area contributed by atoms with Gasteiger partial charge in [-0.05, 0) is 43.0 Å². The minimum Gasteiger partial charge on any atom is -0.378 e. The molecule has 0 unspecified atom stereocenters. The van der Waals surface area contributed by atoms with Crippen molar-refractivity contribution in [1.29, 1.82) is 0 Å². The maximum atomic E-state index is 13.5. The SMILES string of the molecule is CC(C)CCC1=NN(C(=O)c2ccc(N(C)C)cc2)[C@](O)(C(F)(F)F)C1. The second-order valence-electron chi connectivity index (χ2n) is 7.15. The summed E-state index contributed by atoms with van der Waals surface area (Å²) in [4.78, 5) is 14.4. The molecule has 1 aromatic carbocycles. The van der Waals surface area contributed by atoms with E-state index in [0.717, 1.165) is 5.69 Å². The summed E-state index contributed by atoms with van der Waals surface area (Å²) in [7, 11) is 3.62. The molecule has 1 N–H and O–H groups in total. The minimum atomic E-state index is -5.00. The Morgan fingerprint density at radius 1 is 1.31 bits per heavy atom. The molecular weight excluding hydrogens is 347 g/mol. The molecule has 2 rings (SSSR count). The Hall–Kier alpha value is -2.09. The highest BCUT2D eigenvalue weighted by Crippen LogP contribution is 2.41. The number of carbonyl (C=O) groups excluding carboxylic acids is 1. The number of rotatable bonds is 5. The van der Waals surface area contributed by atoms with Crippen molar-refractivity contribution in [2.75, 3.05) is 19.0 Å². The van der Waals surface area contributed by atoms with Crippen LogP contribution in [0.1, 0.15) is 43.5 Å². The number of alkyl halides is 3. The highest BCUT2D eigenvalue weighted by Gasteiger charge is 2.63. The largest absolute Gasteiger partial charge is 0.438 e. The minimum absolute atomic E-state index is 0.0344.